The summed E-state index contributed by atoms with van der Waals surface area (Å²) < 4.78 is 0. The topological polar surface area (TPSA) is 18.5 Å². The van der Waals surface area contributed by atoms with Gasteiger partial charge in [0.15, 0.2) is 0 Å². The summed E-state index contributed by atoms with van der Waals surface area (Å²) in [7, 11) is 0. The fourth-order valence-corrected chi connectivity index (χ4v) is 3.46. The summed E-state index contributed by atoms with van der Waals surface area (Å²) in [5.41, 5.74) is 0. The summed E-state index contributed by atoms with van der Waals surface area (Å²) in [6.07, 6.45) is 6.96. The zero-order valence-corrected chi connectivity index (χ0v) is 13.0. The zero-order valence-electron chi connectivity index (χ0n) is 13.0. The Bertz CT molecular complexity index is 230. The van der Waals surface area contributed by atoms with Crippen LogP contribution in [0.25, 0.3) is 0 Å². The molecule has 0 aromatic carbocycles. The number of rotatable bonds is 6. The molecular formula is C16H33N3. The third-order valence-electron chi connectivity index (χ3n) is 5.17. The largest absolute Gasteiger partial charge is 0.317 e. The molecule has 2 aliphatic heterocycles. The molecule has 2 saturated heterocycles. The minimum atomic E-state index is 0.775. The lowest BCUT2D eigenvalue weighted by atomic mass is 9.93. The van der Waals surface area contributed by atoms with Crippen molar-refractivity contribution in [3.8, 4) is 0 Å². The van der Waals surface area contributed by atoms with Gasteiger partial charge in [-0.15, -0.1) is 0 Å². The molecule has 0 saturated carbocycles. The molecular weight excluding hydrogens is 234 g/mol. The Morgan fingerprint density at radius 1 is 1.11 bits per heavy atom. The molecule has 0 aromatic heterocycles. The minimum absolute atomic E-state index is 0.775. The number of hydrogen-bond acceptors (Lipinski definition) is 3. The van der Waals surface area contributed by atoms with Gasteiger partial charge in [-0.05, 0) is 64.6 Å². The van der Waals surface area contributed by atoms with E-state index in [0.29, 0.717) is 0 Å². The lowest BCUT2D eigenvalue weighted by Crippen LogP contribution is -2.49. The summed E-state index contributed by atoms with van der Waals surface area (Å²) in [4.78, 5) is 5.34. The predicted molar refractivity (Wildman–Crippen MR) is 82.6 cm³/mol. The monoisotopic (exact) mass is 267 g/mol. The van der Waals surface area contributed by atoms with E-state index in [1.165, 1.54) is 77.9 Å². The van der Waals surface area contributed by atoms with Crippen molar-refractivity contribution in [3.05, 3.63) is 0 Å². The van der Waals surface area contributed by atoms with Gasteiger partial charge in [-0.1, -0.05) is 6.92 Å². The highest BCUT2D eigenvalue weighted by Gasteiger charge is 2.20. The van der Waals surface area contributed by atoms with Crippen LogP contribution >= 0.6 is 0 Å². The van der Waals surface area contributed by atoms with E-state index in [0.717, 1.165) is 12.0 Å². The second-order valence-corrected chi connectivity index (χ2v) is 6.47. The van der Waals surface area contributed by atoms with E-state index < -0.39 is 0 Å². The molecule has 1 N–H and O–H groups in total. The van der Waals surface area contributed by atoms with Crippen molar-refractivity contribution in [3.63, 3.8) is 0 Å². The molecule has 0 amide bonds. The van der Waals surface area contributed by atoms with Gasteiger partial charge in [-0.25, -0.2) is 0 Å². The highest BCUT2D eigenvalue weighted by Crippen LogP contribution is 2.18. The van der Waals surface area contributed by atoms with Gasteiger partial charge in [0.2, 0.25) is 0 Å². The van der Waals surface area contributed by atoms with Crippen molar-refractivity contribution in [2.24, 2.45) is 5.92 Å². The number of nitrogens with zero attached hydrogens (tertiary/aromatic N) is 2. The van der Waals surface area contributed by atoms with Crippen LogP contribution in [0.2, 0.25) is 0 Å². The Kier molecular flexibility index (Phi) is 6.62. The molecule has 2 fully saturated rings. The highest BCUT2D eigenvalue weighted by atomic mass is 15.3. The maximum Gasteiger partial charge on any atom is 0.0113 e. The number of hydrogen-bond donors (Lipinski definition) is 1. The summed E-state index contributed by atoms with van der Waals surface area (Å²) in [6.45, 7) is 13.6. The summed E-state index contributed by atoms with van der Waals surface area (Å²) in [6, 6.07) is 0.775. The van der Waals surface area contributed by atoms with Crippen molar-refractivity contribution in [2.75, 3.05) is 45.8 Å². The second kappa shape index (κ2) is 8.23. The first-order valence-corrected chi connectivity index (χ1v) is 8.46. The molecule has 2 heterocycles. The normalized spacial score (nSPS) is 25.6. The average molecular weight is 267 g/mol. The SMILES string of the molecule is CCC(C)N1CCN(CCCC2CCNCC2)CC1. The van der Waals surface area contributed by atoms with Crippen LogP contribution in [0.4, 0.5) is 0 Å². The molecule has 0 aliphatic carbocycles. The standard InChI is InChI=1S/C16H33N3/c1-3-15(2)19-13-11-18(12-14-19)10-4-5-16-6-8-17-9-7-16/h15-17H,3-14H2,1-2H3. The number of piperidine rings is 1. The molecule has 3 heteroatoms. The molecule has 0 aromatic rings. The van der Waals surface area contributed by atoms with E-state index in [9.17, 15) is 0 Å². The van der Waals surface area contributed by atoms with E-state index >= 15 is 0 Å². The Morgan fingerprint density at radius 2 is 1.79 bits per heavy atom. The van der Waals surface area contributed by atoms with Crippen molar-refractivity contribution >= 4 is 0 Å². The highest BCUT2D eigenvalue weighted by molar-refractivity contribution is 4.76. The summed E-state index contributed by atoms with van der Waals surface area (Å²) >= 11 is 0. The van der Waals surface area contributed by atoms with E-state index in [1.54, 1.807) is 0 Å². The van der Waals surface area contributed by atoms with Crippen molar-refractivity contribution in [1.82, 2.24) is 15.1 Å². The first-order valence-electron chi connectivity index (χ1n) is 8.46. The molecule has 1 unspecified atom stereocenters. The van der Waals surface area contributed by atoms with Crippen LogP contribution in [0, 0.1) is 5.92 Å². The first-order chi connectivity index (χ1) is 9.29. The zero-order chi connectivity index (χ0) is 13.5. The van der Waals surface area contributed by atoms with Gasteiger partial charge in [0.05, 0.1) is 0 Å². The fraction of sp³-hybridized carbons (Fsp3) is 1.00. The van der Waals surface area contributed by atoms with Gasteiger partial charge in [0, 0.05) is 32.2 Å². The van der Waals surface area contributed by atoms with Crippen molar-refractivity contribution in [1.29, 1.82) is 0 Å². The van der Waals surface area contributed by atoms with E-state index in [4.69, 9.17) is 0 Å². The Labute approximate surface area is 119 Å². The molecule has 3 nitrogen and oxygen atoms in total. The van der Waals surface area contributed by atoms with Crippen LogP contribution in [0.3, 0.4) is 0 Å². The lowest BCUT2D eigenvalue weighted by molar-refractivity contribution is 0.0982. The summed E-state index contributed by atoms with van der Waals surface area (Å²) in [5.74, 6) is 1.00. The van der Waals surface area contributed by atoms with Crippen molar-refractivity contribution < 1.29 is 0 Å². The van der Waals surface area contributed by atoms with Crippen LogP contribution in [-0.2, 0) is 0 Å². The van der Waals surface area contributed by atoms with Crippen LogP contribution in [0.1, 0.15) is 46.0 Å². The third kappa shape index (κ3) is 5.05. The maximum absolute atomic E-state index is 3.46. The van der Waals surface area contributed by atoms with E-state index in [-0.39, 0.29) is 0 Å². The van der Waals surface area contributed by atoms with Gasteiger partial charge in [-0.2, -0.15) is 0 Å². The lowest BCUT2D eigenvalue weighted by Gasteiger charge is -2.38. The molecule has 2 aliphatic rings. The summed E-state index contributed by atoms with van der Waals surface area (Å²) in [5, 5.41) is 3.46. The Balaban J connectivity index is 1.55. The molecule has 112 valence electrons. The maximum atomic E-state index is 3.46. The van der Waals surface area contributed by atoms with Gasteiger partial charge in [0.25, 0.3) is 0 Å². The van der Waals surface area contributed by atoms with Crippen LogP contribution < -0.4 is 5.32 Å². The molecule has 1 atom stereocenters. The predicted octanol–water partition coefficient (Wildman–Crippen LogP) is 2.18. The van der Waals surface area contributed by atoms with Gasteiger partial charge < -0.3 is 10.2 Å². The van der Waals surface area contributed by atoms with Crippen molar-refractivity contribution in [2.45, 2.75) is 52.0 Å². The van der Waals surface area contributed by atoms with Crippen LogP contribution in [-0.4, -0.2) is 61.7 Å². The van der Waals surface area contributed by atoms with Gasteiger partial charge >= 0.3 is 0 Å². The number of piperazine rings is 1. The third-order valence-corrected chi connectivity index (χ3v) is 5.17. The first kappa shape index (κ1) is 15.3. The number of nitrogens with one attached hydrogen (secondary N) is 1. The average Bonchev–Trinajstić information content (AvgIpc) is 2.48. The Morgan fingerprint density at radius 3 is 2.42 bits per heavy atom. The molecule has 0 bridgehead atoms. The minimum Gasteiger partial charge on any atom is -0.317 e. The molecule has 0 spiro atoms. The smallest absolute Gasteiger partial charge is 0.0113 e. The van der Waals surface area contributed by atoms with E-state index in [2.05, 4.69) is 29.0 Å². The quantitative estimate of drug-likeness (QED) is 0.796. The van der Waals surface area contributed by atoms with Gasteiger partial charge in [-0.3, -0.25) is 4.90 Å². The van der Waals surface area contributed by atoms with Crippen LogP contribution in [0.15, 0.2) is 0 Å². The molecule has 2 rings (SSSR count). The second-order valence-electron chi connectivity index (χ2n) is 6.47. The Hall–Kier alpha value is -0.120. The van der Waals surface area contributed by atoms with Gasteiger partial charge in [0.1, 0.15) is 0 Å². The molecule has 0 radical (unpaired) electrons. The van der Waals surface area contributed by atoms with E-state index in [1.807, 2.05) is 0 Å². The fourth-order valence-electron chi connectivity index (χ4n) is 3.46. The van der Waals surface area contributed by atoms with Crippen LogP contribution in [0.5, 0.6) is 0 Å². The molecule has 19 heavy (non-hydrogen) atoms.